The number of rotatable bonds is 5. The Morgan fingerprint density at radius 1 is 1.45 bits per heavy atom. The van der Waals surface area contributed by atoms with Crippen LogP contribution in [0.2, 0.25) is 0 Å². The molecule has 2 rings (SSSR count). The van der Waals surface area contributed by atoms with Crippen LogP contribution in [0.1, 0.15) is 18.2 Å². The van der Waals surface area contributed by atoms with Gasteiger partial charge in [0, 0.05) is 19.2 Å². The minimum atomic E-state index is -0.455. The molecule has 0 aliphatic heterocycles. The maximum Gasteiger partial charge on any atom is 0.323 e. The van der Waals surface area contributed by atoms with Gasteiger partial charge in [0.25, 0.3) is 0 Å². The van der Waals surface area contributed by atoms with E-state index >= 15 is 0 Å². The number of aryl methyl sites for hydroxylation is 1. The third kappa shape index (κ3) is 3.75. The first-order valence-electron chi connectivity index (χ1n) is 6.85. The number of benzene rings is 1. The molecule has 0 aliphatic carbocycles. The number of urea groups is 1. The highest BCUT2D eigenvalue weighted by molar-refractivity contribution is 5.88. The Kier molecular flexibility index (Phi) is 4.98. The third-order valence-electron chi connectivity index (χ3n) is 3.12. The molecule has 1 N–H and O–H groups in total. The van der Waals surface area contributed by atoms with Crippen molar-refractivity contribution in [3.8, 4) is 5.75 Å². The molecule has 0 saturated heterocycles. The second kappa shape index (κ2) is 6.93. The van der Waals surface area contributed by atoms with E-state index in [4.69, 9.17) is 9.26 Å². The number of halogens is 1. The van der Waals surface area contributed by atoms with E-state index in [1.54, 1.807) is 19.1 Å². The summed E-state index contributed by atoms with van der Waals surface area (Å²) in [7, 11) is 1.41. The summed E-state index contributed by atoms with van der Waals surface area (Å²) in [5.41, 5.74) is 0.673. The molecule has 0 atom stereocenters. The lowest BCUT2D eigenvalue weighted by Crippen LogP contribution is -2.34. The van der Waals surface area contributed by atoms with E-state index in [2.05, 4.69) is 10.5 Å². The molecule has 0 radical (unpaired) electrons. The molecule has 2 amide bonds. The van der Waals surface area contributed by atoms with Crippen molar-refractivity contribution in [2.24, 2.45) is 0 Å². The molecule has 0 unspecified atom stereocenters. The summed E-state index contributed by atoms with van der Waals surface area (Å²) in [5.74, 6) is 0.676. The molecular weight excluding hydrogens is 289 g/mol. The average Bonchev–Trinajstić information content (AvgIpc) is 2.90. The molecule has 2 aromatic rings. The number of hydrogen-bond acceptors (Lipinski definition) is 4. The Labute approximate surface area is 127 Å². The minimum absolute atomic E-state index is 0.175. The van der Waals surface area contributed by atoms with E-state index in [0.29, 0.717) is 23.7 Å². The van der Waals surface area contributed by atoms with Gasteiger partial charge in [-0.3, -0.25) is 5.32 Å². The van der Waals surface area contributed by atoms with Gasteiger partial charge in [0.2, 0.25) is 0 Å². The van der Waals surface area contributed by atoms with Gasteiger partial charge in [0.1, 0.15) is 5.76 Å². The quantitative estimate of drug-likeness (QED) is 0.921. The summed E-state index contributed by atoms with van der Waals surface area (Å²) in [6, 6.07) is 5.91. The highest BCUT2D eigenvalue weighted by atomic mass is 19.1. The van der Waals surface area contributed by atoms with Crippen LogP contribution >= 0.6 is 0 Å². The first-order chi connectivity index (χ1) is 10.5. The van der Waals surface area contributed by atoms with Gasteiger partial charge in [-0.15, -0.1) is 0 Å². The number of anilines is 1. The van der Waals surface area contributed by atoms with Crippen LogP contribution in [0.4, 0.5) is 15.0 Å². The monoisotopic (exact) mass is 307 g/mol. The van der Waals surface area contributed by atoms with Crippen molar-refractivity contribution in [1.29, 1.82) is 0 Å². The van der Waals surface area contributed by atoms with Crippen LogP contribution in [0.15, 0.2) is 28.8 Å². The normalized spacial score (nSPS) is 10.4. The van der Waals surface area contributed by atoms with Gasteiger partial charge in [-0.25, -0.2) is 9.18 Å². The van der Waals surface area contributed by atoms with Gasteiger partial charge in [-0.2, -0.15) is 0 Å². The fourth-order valence-electron chi connectivity index (χ4n) is 1.97. The van der Waals surface area contributed by atoms with E-state index < -0.39 is 5.82 Å². The highest BCUT2D eigenvalue weighted by Crippen LogP contribution is 2.19. The average molecular weight is 307 g/mol. The molecule has 0 fully saturated rings. The van der Waals surface area contributed by atoms with Crippen LogP contribution in [0, 0.1) is 12.7 Å². The number of carbonyl (C=O) groups is 1. The minimum Gasteiger partial charge on any atom is -0.494 e. The fraction of sp³-hybridized carbons (Fsp3) is 0.333. The van der Waals surface area contributed by atoms with Crippen molar-refractivity contribution < 1.29 is 18.4 Å². The number of ether oxygens (including phenoxy) is 1. The van der Waals surface area contributed by atoms with Crippen LogP contribution in [0.3, 0.4) is 0 Å². The van der Waals surface area contributed by atoms with Gasteiger partial charge in [0.15, 0.2) is 17.4 Å². The number of hydrogen-bond donors (Lipinski definition) is 1. The van der Waals surface area contributed by atoms with Gasteiger partial charge in [-0.05, 0) is 31.5 Å². The van der Waals surface area contributed by atoms with Crippen molar-refractivity contribution in [2.45, 2.75) is 20.4 Å². The topological polar surface area (TPSA) is 67.6 Å². The zero-order valence-corrected chi connectivity index (χ0v) is 12.7. The zero-order valence-electron chi connectivity index (χ0n) is 12.7. The first kappa shape index (κ1) is 15.8. The van der Waals surface area contributed by atoms with Crippen molar-refractivity contribution in [2.75, 3.05) is 19.0 Å². The molecule has 6 nitrogen and oxygen atoms in total. The molecule has 0 saturated carbocycles. The van der Waals surface area contributed by atoms with E-state index in [1.807, 2.05) is 6.92 Å². The maximum atomic E-state index is 13.7. The van der Waals surface area contributed by atoms with Crippen LogP contribution < -0.4 is 10.1 Å². The third-order valence-corrected chi connectivity index (χ3v) is 3.12. The predicted octanol–water partition coefficient (Wildman–Crippen LogP) is 3.18. The van der Waals surface area contributed by atoms with Gasteiger partial charge >= 0.3 is 6.03 Å². The van der Waals surface area contributed by atoms with Crippen LogP contribution in [-0.4, -0.2) is 29.7 Å². The predicted molar refractivity (Wildman–Crippen MR) is 79.3 cm³/mol. The number of amides is 2. The van der Waals surface area contributed by atoms with Crippen molar-refractivity contribution in [1.82, 2.24) is 10.1 Å². The Bertz CT molecular complexity index is 657. The molecular formula is C15H18FN3O3. The molecule has 1 heterocycles. The van der Waals surface area contributed by atoms with Crippen molar-refractivity contribution in [3.05, 3.63) is 41.4 Å². The zero-order chi connectivity index (χ0) is 16.1. The van der Waals surface area contributed by atoms with E-state index in [-0.39, 0.29) is 18.3 Å². The second-order valence-electron chi connectivity index (χ2n) is 4.74. The summed E-state index contributed by atoms with van der Waals surface area (Å²) >= 11 is 0. The highest BCUT2D eigenvalue weighted by Gasteiger charge is 2.15. The molecule has 7 heteroatoms. The Morgan fingerprint density at radius 2 is 2.23 bits per heavy atom. The number of nitrogens with one attached hydrogen (secondary N) is 1. The molecule has 0 spiro atoms. The second-order valence-corrected chi connectivity index (χ2v) is 4.74. The lowest BCUT2D eigenvalue weighted by atomic mass is 10.2. The van der Waals surface area contributed by atoms with Gasteiger partial charge in [0.05, 0.1) is 7.11 Å². The van der Waals surface area contributed by atoms with Gasteiger partial charge in [-0.1, -0.05) is 11.2 Å². The molecule has 1 aromatic carbocycles. The Morgan fingerprint density at radius 3 is 2.77 bits per heavy atom. The SMILES string of the molecule is CCN(Cc1ccc(OC)c(F)c1)C(=O)Nc1cc(C)on1. The van der Waals surface area contributed by atoms with E-state index in [9.17, 15) is 9.18 Å². The molecule has 0 bridgehead atoms. The summed E-state index contributed by atoms with van der Waals surface area (Å²) in [4.78, 5) is 13.7. The smallest absolute Gasteiger partial charge is 0.323 e. The number of nitrogens with zero attached hydrogens (tertiary/aromatic N) is 2. The summed E-state index contributed by atoms with van der Waals surface area (Å²) in [6.45, 7) is 4.32. The lowest BCUT2D eigenvalue weighted by Gasteiger charge is -2.21. The first-order valence-corrected chi connectivity index (χ1v) is 6.85. The van der Waals surface area contributed by atoms with Gasteiger partial charge < -0.3 is 14.2 Å². The molecule has 0 aliphatic rings. The molecule has 118 valence electrons. The molecule has 22 heavy (non-hydrogen) atoms. The maximum absolute atomic E-state index is 13.7. The number of aromatic nitrogens is 1. The Balaban J connectivity index is 2.04. The van der Waals surface area contributed by atoms with Crippen molar-refractivity contribution >= 4 is 11.8 Å². The van der Waals surface area contributed by atoms with Crippen molar-refractivity contribution in [3.63, 3.8) is 0 Å². The molecule has 1 aromatic heterocycles. The summed E-state index contributed by atoms with van der Waals surface area (Å²) in [6.07, 6.45) is 0. The van der Waals surface area contributed by atoms with Crippen LogP contribution in [-0.2, 0) is 6.54 Å². The Hall–Kier alpha value is -2.57. The number of carbonyl (C=O) groups excluding carboxylic acids is 1. The van der Waals surface area contributed by atoms with E-state index in [1.165, 1.54) is 24.1 Å². The summed E-state index contributed by atoms with van der Waals surface area (Å²) in [5, 5.41) is 6.34. The standard InChI is InChI=1S/C15H18FN3O3/c1-4-19(15(20)17-14-7-10(2)22-18-14)9-11-5-6-13(21-3)12(16)8-11/h5-8H,4,9H2,1-3H3,(H,17,18,20). The lowest BCUT2D eigenvalue weighted by molar-refractivity contribution is 0.212. The largest absolute Gasteiger partial charge is 0.494 e. The fourth-order valence-corrected chi connectivity index (χ4v) is 1.97. The summed E-state index contributed by atoms with van der Waals surface area (Å²) < 4.78 is 23.5. The van der Waals surface area contributed by atoms with Crippen LogP contribution in [0.5, 0.6) is 5.75 Å². The van der Waals surface area contributed by atoms with Crippen LogP contribution in [0.25, 0.3) is 0 Å². The van der Waals surface area contributed by atoms with E-state index in [0.717, 1.165) is 0 Å². The number of methoxy groups -OCH3 is 1.